The van der Waals surface area contributed by atoms with Gasteiger partial charge in [-0.25, -0.2) is 0 Å². The molecular formula is C13H16O. The number of rotatable bonds is 2. The van der Waals surface area contributed by atoms with Gasteiger partial charge < -0.3 is 0 Å². The first kappa shape index (κ1) is 10.7. The van der Waals surface area contributed by atoms with Crippen LogP contribution in [0.1, 0.15) is 31.1 Å². The maximum absolute atomic E-state index is 11.9. The topological polar surface area (TPSA) is 17.1 Å². The minimum absolute atomic E-state index is 0.0399. The molecule has 0 aliphatic carbocycles. The molecule has 0 aliphatic heterocycles. The molecule has 0 aliphatic rings. The Morgan fingerprint density at radius 1 is 1.14 bits per heavy atom. The fourth-order valence-corrected chi connectivity index (χ4v) is 1.10. The molecule has 0 saturated heterocycles. The molecule has 0 N–H and O–H groups in total. The highest BCUT2D eigenvalue weighted by molar-refractivity contribution is 6.08. The predicted octanol–water partition coefficient (Wildman–Crippen LogP) is 3.47. The molecular weight excluding hydrogens is 172 g/mol. The zero-order valence-electron chi connectivity index (χ0n) is 9.00. The van der Waals surface area contributed by atoms with E-state index in [9.17, 15) is 4.79 Å². The molecule has 1 nitrogen and oxygen atoms in total. The quantitative estimate of drug-likeness (QED) is 0.513. The summed E-state index contributed by atoms with van der Waals surface area (Å²) in [7, 11) is 0. The van der Waals surface area contributed by atoms with Gasteiger partial charge in [-0.05, 0) is 11.0 Å². The first-order chi connectivity index (χ1) is 6.43. The third-order valence-electron chi connectivity index (χ3n) is 2.22. The summed E-state index contributed by atoms with van der Waals surface area (Å²) < 4.78 is 0. The van der Waals surface area contributed by atoms with Gasteiger partial charge in [-0.2, -0.15) is 0 Å². The van der Waals surface area contributed by atoms with Crippen LogP contribution in [0.2, 0.25) is 0 Å². The van der Waals surface area contributed by atoms with E-state index in [-0.39, 0.29) is 11.2 Å². The van der Waals surface area contributed by atoms with E-state index >= 15 is 0 Å². The van der Waals surface area contributed by atoms with Crippen molar-refractivity contribution in [2.24, 2.45) is 5.41 Å². The molecule has 0 aromatic heterocycles. The van der Waals surface area contributed by atoms with Crippen molar-refractivity contribution in [1.82, 2.24) is 0 Å². The summed E-state index contributed by atoms with van der Waals surface area (Å²) in [6.45, 7) is 9.84. The van der Waals surface area contributed by atoms with Crippen LogP contribution in [0.4, 0.5) is 0 Å². The lowest BCUT2D eigenvalue weighted by Crippen LogP contribution is -2.16. The van der Waals surface area contributed by atoms with Gasteiger partial charge in [-0.1, -0.05) is 57.7 Å². The molecule has 0 fully saturated rings. The third kappa shape index (κ3) is 2.32. The van der Waals surface area contributed by atoms with Gasteiger partial charge in [-0.15, -0.1) is 0 Å². The Bertz CT molecular complexity index is 341. The monoisotopic (exact) mass is 188 g/mol. The Morgan fingerprint density at radius 3 is 2.07 bits per heavy atom. The summed E-state index contributed by atoms with van der Waals surface area (Å²) in [5.41, 5.74) is 1.21. The largest absolute Gasteiger partial charge is 0.289 e. The second kappa shape index (κ2) is 3.79. The van der Waals surface area contributed by atoms with E-state index in [2.05, 4.69) is 6.58 Å². The zero-order chi connectivity index (χ0) is 10.8. The van der Waals surface area contributed by atoms with Gasteiger partial charge in [-0.3, -0.25) is 4.79 Å². The van der Waals surface area contributed by atoms with Crippen LogP contribution < -0.4 is 0 Å². The molecule has 74 valence electrons. The standard InChI is InChI=1S/C13H16O/c1-10(13(2,3)4)12(14)11-8-6-5-7-9-11/h5-9H,1H2,2-4H3. The average Bonchev–Trinajstić information content (AvgIpc) is 2.15. The van der Waals surface area contributed by atoms with Crippen molar-refractivity contribution < 1.29 is 4.79 Å². The molecule has 1 heteroatoms. The zero-order valence-corrected chi connectivity index (χ0v) is 9.00. The van der Waals surface area contributed by atoms with Gasteiger partial charge in [0.1, 0.15) is 0 Å². The average molecular weight is 188 g/mol. The molecule has 0 amide bonds. The van der Waals surface area contributed by atoms with E-state index in [0.29, 0.717) is 11.1 Å². The van der Waals surface area contributed by atoms with Crippen LogP contribution in [0, 0.1) is 5.41 Å². The van der Waals surface area contributed by atoms with Crippen LogP contribution in [0.3, 0.4) is 0 Å². The van der Waals surface area contributed by atoms with E-state index < -0.39 is 0 Å². The number of allylic oxidation sites excluding steroid dienone is 1. The van der Waals surface area contributed by atoms with E-state index in [1.54, 1.807) is 0 Å². The van der Waals surface area contributed by atoms with Crippen LogP contribution in [-0.2, 0) is 0 Å². The maximum atomic E-state index is 11.9. The van der Waals surface area contributed by atoms with Crippen molar-refractivity contribution >= 4 is 5.78 Å². The van der Waals surface area contributed by atoms with Crippen LogP contribution in [0.25, 0.3) is 0 Å². The molecule has 0 unspecified atom stereocenters. The fourth-order valence-electron chi connectivity index (χ4n) is 1.10. The SMILES string of the molecule is C=C(C(=O)c1ccccc1)C(C)(C)C. The van der Waals surface area contributed by atoms with Crippen LogP contribution in [0.5, 0.6) is 0 Å². The van der Waals surface area contributed by atoms with Crippen molar-refractivity contribution in [2.75, 3.05) is 0 Å². The lowest BCUT2D eigenvalue weighted by molar-refractivity contribution is 0.101. The normalized spacial score (nSPS) is 11.1. The van der Waals surface area contributed by atoms with Crippen molar-refractivity contribution in [3.8, 4) is 0 Å². The molecule has 0 atom stereocenters. The van der Waals surface area contributed by atoms with Crippen molar-refractivity contribution in [1.29, 1.82) is 0 Å². The second-order valence-corrected chi connectivity index (χ2v) is 4.42. The number of ketones is 1. The fraction of sp³-hybridized carbons (Fsp3) is 0.308. The third-order valence-corrected chi connectivity index (χ3v) is 2.22. The summed E-state index contributed by atoms with van der Waals surface area (Å²) in [4.78, 5) is 11.9. The van der Waals surface area contributed by atoms with Gasteiger partial charge in [0.15, 0.2) is 5.78 Å². The molecule has 0 bridgehead atoms. The van der Waals surface area contributed by atoms with E-state index in [4.69, 9.17) is 0 Å². The number of carbonyl (C=O) groups excluding carboxylic acids is 1. The Morgan fingerprint density at radius 2 is 1.64 bits per heavy atom. The highest BCUT2D eigenvalue weighted by Gasteiger charge is 2.22. The molecule has 1 aromatic carbocycles. The molecule has 0 spiro atoms. The molecule has 1 rings (SSSR count). The molecule has 1 aromatic rings. The van der Waals surface area contributed by atoms with Crippen molar-refractivity contribution in [3.05, 3.63) is 48.0 Å². The van der Waals surface area contributed by atoms with Gasteiger partial charge in [0.25, 0.3) is 0 Å². The number of hydrogen-bond acceptors (Lipinski definition) is 1. The minimum atomic E-state index is -0.160. The smallest absolute Gasteiger partial charge is 0.188 e. The predicted molar refractivity (Wildman–Crippen MR) is 59.4 cm³/mol. The Hall–Kier alpha value is -1.37. The first-order valence-corrected chi connectivity index (χ1v) is 4.72. The van der Waals surface area contributed by atoms with Gasteiger partial charge in [0, 0.05) is 5.56 Å². The Balaban J connectivity index is 2.93. The summed E-state index contributed by atoms with van der Waals surface area (Å²) in [5, 5.41) is 0. The summed E-state index contributed by atoms with van der Waals surface area (Å²) in [6.07, 6.45) is 0. The van der Waals surface area contributed by atoms with E-state index in [1.807, 2.05) is 51.1 Å². The number of hydrogen-bond donors (Lipinski definition) is 0. The number of Topliss-reactive ketones (excluding diaryl/α,β-unsaturated/α-hetero) is 1. The molecule has 0 heterocycles. The van der Waals surface area contributed by atoms with Gasteiger partial charge >= 0.3 is 0 Å². The Kier molecular flexibility index (Phi) is 2.90. The van der Waals surface area contributed by atoms with Crippen molar-refractivity contribution in [2.45, 2.75) is 20.8 Å². The van der Waals surface area contributed by atoms with E-state index in [1.165, 1.54) is 0 Å². The van der Waals surface area contributed by atoms with Gasteiger partial charge in [0.05, 0.1) is 0 Å². The number of carbonyl (C=O) groups is 1. The van der Waals surface area contributed by atoms with Gasteiger partial charge in [0.2, 0.25) is 0 Å². The Labute approximate surface area is 85.5 Å². The summed E-state index contributed by atoms with van der Waals surface area (Å²) >= 11 is 0. The lowest BCUT2D eigenvalue weighted by atomic mass is 9.83. The number of benzene rings is 1. The summed E-state index contributed by atoms with van der Waals surface area (Å²) in [6, 6.07) is 9.27. The van der Waals surface area contributed by atoms with Crippen LogP contribution >= 0.6 is 0 Å². The second-order valence-electron chi connectivity index (χ2n) is 4.42. The van der Waals surface area contributed by atoms with Crippen LogP contribution in [0.15, 0.2) is 42.5 Å². The molecule has 14 heavy (non-hydrogen) atoms. The molecule has 0 saturated carbocycles. The summed E-state index contributed by atoms with van der Waals surface area (Å²) in [5.74, 6) is 0.0399. The highest BCUT2D eigenvalue weighted by Crippen LogP contribution is 2.26. The van der Waals surface area contributed by atoms with Crippen molar-refractivity contribution in [3.63, 3.8) is 0 Å². The first-order valence-electron chi connectivity index (χ1n) is 4.72. The minimum Gasteiger partial charge on any atom is -0.289 e. The highest BCUT2D eigenvalue weighted by atomic mass is 16.1. The van der Waals surface area contributed by atoms with E-state index in [0.717, 1.165) is 0 Å². The van der Waals surface area contributed by atoms with Crippen LogP contribution in [-0.4, -0.2) is 5.78 Å². The molecule has 0 radical (unpaired) electrons. The lowest BCUT2D eigenvalue weighted by Gasteiger charge is -2.20. The maximum Gasteiger partial charge on any atom is 0.188 e.